The summed E-state index contributed by atoms with van der Waals surface area (Å²) in [4.78, 5) is 34.4. The molecule has 0 aliphatic heterocycles. The molecule has 0 saturated heterocycles. The number of aliphatic carboxylic acids is 2. The zero-order valence-corrected chi connectivity index (χ0v) is 11.0. The molecule has 0 aromatic heterocycles. The van der Waals surface area contributed by atoms with E-state index in [0.29, 0.717) is 0 Å². The Kier molecular flexibility index (Phi) is 6.15. The van der Waals surface area contributed by atoms with Gasteiger partial charge in [0.25, 0.3) is 0 Å². The fourth-order valence-corrected chi connectivity index (χ4v) is 1.26. The van der Waals surface area contributed by atoms with Gasteiger partial charge >= 0.3 is 18.0 Å². The van der Waals surface area contributed by atoms with Gasteiger partial charge in [0.1, 0.15) is 6.04 Å². The second-order valence-corrected chi connectivity index (χ2v) is 4.53. The predicted octanol–water partition coefficient (Wildman–Crippen LogP) is 0.600. The monoisotopic (exact) mass is 260 g/mol. The molecular formula is C11H20N2O5. The predicted molar refractivity (Wildman–Crippen MR) is 64.3 cm³/mol. The van der Waals surface area contributed by atoms with Crippen molar-refractivity contribution in [2.75, 3.05) is 7.05 Å². The summed E-state index contributed by atoms with van der Waals surface area (Å²) in [7, 11) is 1.54. The molecule has 104 valence electrons. The van der Waals surface area contributed by atoms with Crippen LogP contribution in [0.3, 0.4) is 0 Å². The minimum absolute atomic E-state index is 0.0794. The summed E-state index contributed by atoms with van der Waals surface area (Å²) in [6.45, 7) is 5.69. The normalized spacial score (nSPS) is 13.8. The quantitative estimate of drug-likeness (QED) is 0.648. The van der Waals surface area contributed by atoms with Crippen LogP contribution in [0.25, 0.3) is 0 Å². The summed E-state index contributed by atoms with van der Waals surface area (Å²) >= 11 is 0. The van der Waals surface area contributed by atoms with Crippen molar-refractivity contribution >= 4 is 18.0 Å². The third-order valence-corrected chi connectivity index (χ3v) is 2.87. The molecule has 0 heterocycles. The SMILES string of the molecule is CC(C)C(C)N(C)C(=O)N[C@@H](CC(=O)O)C(=O)O. The Morgan fingerprint density at radius 1 is 1.17 bits per heavy atom. The van der Waals surface area contributed by atoms with Crippen molar-refractivity contribution in [3.63, 3.8) is 0 Å². The number of carboxylic acids is 2. The van der Waals surface area contributed by atoms with Crippen molar-refractivity contribution in [1.29, 1.82) is 0 Å². The van der Waals surface area contributed by atoms with E-state index in [2.05, 4.69) is 5.32 Å². The van der Waals surface area contributed by atoms with Gasteiger partial charge in [-0.25, -0.2) is 9.59 Å². The van der Waals surface area contributed by atoms with Gasteiger partial charge in [-0.1, -0.05) is 13.8 Å². The summed E-state index contributed by atoms with van der Waals surface area (Å²) in [5, 5.41) is 19.5. The molecule has 18 heavy (non-hydrogen) atoms. The van der Waals surface area contributed by atoms with E-state index in [1.807, 2.05) is 20.8 Å². The van der Waals surface area contributed by atoms with Crippen LogP contribution in [-0.2, 0) is 9.59 Å². The van der Waals surface area contributed by atoms with E-state index >= 15 is 0 Å². The lowest BCUT2D eigenvalue weighted by Gasteiger charge is -2.29. The largest absolute Gasteiger partial charge is 0.481 e. The van der Waals surface area contributed by atoms with Crippen LogP contribution in [0.15, 0.2) is 0 Å². The molecule has 0 spiro atoms. The van der Waals surface area contributed by atoms with Gasteiger partial charge in [0.15, 0.2) is 0 Å². The van der Waals surface area contributed by atoms with Gasteiger partial charge in [-0.05, 0) is 12.8 Å². The number of nitrogens with one attached hydrogen (secondary N) is 1. The Bertz CT molecular complexity index is 329. The molecule has 3 N–H and O–H groups in total. The van der Waals surface area contributed by atoms with Crippen LogP contribution in [0.2, 0.25) is 0 Å². The highest BCUT2D eigenvalue weighted by Crippen LogP contribution is 2.08. The Morgan fingerprint density at radius 3 is 2.00 bits per heavy atom. The molecule has 7 heteroatoms. The van der Waals surface area contributed by atoms with E-state index in [4.69, 9.17) is 10.2 Å². The Morgan fingerprint density at radius 2 is 1.67 bits per heavy atom. The minimum atomic E-state index is -1.42. The molecule has 0 aromatic carbocycles. The summed E-state index contributed by atoms with van der Waals surface area (Å²) in [6.07, 6.45) is -0.648. The van der Waals surface area contributed by atoms with Crippen LogP contribution in [0.1, 0.15) is 27.2 Å². The van der Waals surface area contributed by atoms with E-state index in [9.17, 15) is 14.4 Å². The highest BCUT2D eigenvalue weighted by Gasteiger charge is 2.26. The van der Waals surface area contributed by atoms with E-state index < -0.39 is 30.4 Å². The highest BCUT2D eigenvalue weighted by molar-refractivity contribution is 5.86. The average Bonchev–Trinajstić information content (AvgIpc) is 2.24. The van der Waals surface area contributed by atoms with E-state index in [1.54, 1.807) is 7.05 Å². The highest BCUT2D eigenvalue weighted by atomic mass is 16.4. The van der Waals surface area contributed by atoms with Gasteiger partial charge in [-0.3, -0.25) is 4.79 Å². The lowest BCUT2D eigenvalue weighted by molar-refractivity contribution is -0.145. The molecule has 0 aromatic rings. The average molecular weight is 260 g/mol. The summed E-state index contributed by atoms with van der Waals surface area (Å²) in [5.41, 5.74) is 0. The minimum Gasteiger partial charge on any atom is -0.481 e. The van der Waals surface area contributed by atoms with Crippen LogP contribution in [0.4, 0.5) is 4.79 Å². The molecule has 2 atom stereocenters. The molecule has 7 nitrogen and oxygen atoms in total. The number of urea groups is 1. The van der Waals surface area contributed by atoms with Gasteiger partial charge in [0.2, 0.25) is 0 Å². The summed E-state index contributed by atoms with van der Waals surface area (Å²) in [5.74, 6) is -2.43. The fourth-order valence-electron chi connectivity index (χ4n) is 1.26. The summed E-state index contributed by atoms with van der Waals surface area (Å²) < 4.78 is 0. The first-order valence-electron chi connectivity index (χ1n) is 5.64. The first-order valence-corrected chi connectivity index (χ1v) is 5.64. The molecule has 0 radical (unpaired) electrons. The number of nitrogens with zero attached hydrogens (tertiary/aromatic N) is 1. The van der Waals surface area contributed by atoms with Crippen molar-refractivity contribution < 1.29 is 24.6 Å². The zero-order valence-electron chi connectivity index (χ0n) is 11.0. The van der Waals surface area contributed by atoms with Crippen LogP contribution in [0.5, 0.6) is 0 Å². The second-order valence-electron chi connectivity index (χ2n) is 4.53. The maximum absolute atomic E-state index is 11.7. The smallest absolute Gasteiger partial charge is 0.326 e. The van der Waals surface area contributed by atoms with E-state index in [1.165, 1.54) is 4.90 Å². The number of carboxylic acid groups (broad SMARTS) is 2. The Balaban J connectivity index is 4.60. The maximum Gasteiger partial charge on any atom is 0.326 e. The second kappa shape index (κ2) is 6.83. The maximum atomic E-state index is 11.7. The van der Waals surface area contributed by atoms with Crippen LogP contribution < -0.4 is 5.32 Å². The third-order valence-electron chi connectivity index (χ3n) is 2.87. The van der Waals surface area contributed by atoms with Crippen molar-refractivity contribution in [1.82, 2.24) is 10.2 Å². The molecular weight excluding hydrogens is 240 g/mol. The number of carbonyl (C=O) groups excluding carboxylic acids is 1. The van der Waals surface area contributed by atoms with Crippen LogP contribution in [0, 0.1) is 5.92 Å². The van der Waals surface area contributed by atoms with Gasteiger partial charge in [0, 0.05) is 13.1 Å². The zero-order chi connectivity index (χ0) is 14.5. The van der Waals surface area contributed by atoms with Gasteiger partial charge in [0.05, 0.1) is 6.42 Å². The van der Waals surface area contributed by atoms with Crippen LogP contribution in [-0.4, -0.2) is 52.2 Å². The topological polar surface area (TPSA) is 107 Å². The number of hydrogen-bond donors (Lipinski definition) is 3. The standard InChI is InChI=1S/C11H20N2O5/c1-6(2)7(3)13(4)11(18)12-8(10(16)17)5-9(14)15/h6-8H,5H2,1-4H3,(H,12,18)(H,14,15)(H,16,17)/t7?,8-/m0/s1. The Hall–Kier alpha value is -1.79. The first-order chi connectivity index (χ1) is 8.16. The summed E-state index contributed by atoms with van der Waals surface area (Å²) in [6, 6.07) is -2.09. The van der Waals surface area contributed by atoms with Gasteiger partial charge < -0.3 is 20.4 Å². The first kappa shape index (κ1) is 16.2. The number of amides is 2. The number of carbonyl (C=O) groups is 3. The number of rotatable bonds is 6. The molecule has 0 aliphatic rings. The van der Waals surface area contributed by atoms with E-state index in [-0.39, 0.29) is 12.0 Å². The van der Waals surface area contributed by atoms with Gasteiger partial charge in [-0.2, -0.15) is 0 Å². The molecule has 0 bridgehead atoms. The van der Waals surface area contributed by atoms with Crippen molar-refractivity contribution in [2.24, 2.45) is 5.92 Å². The number of hydrogen-bond acceptors (Lipinski definition) is 3. The molecule has 0 rings (SSSR count). The van der Waals surface area contributed by atoms with Gasteiger partial charge in [-0.15, -0.1) is 0 Å². The lowest BCUT2D eigenvalue weighted by atomic mass is 10.1. The molecule has 0 aliphatic carbocycles. The Labute approximate surface area is 106 Å². The lowest BCUT2D eigenvalue weighted by Crippen LogP contribution is -2.50. The molecule has 1 unspecified atom stereocenters. The molecule has 2 amide bonds. The third kappa shape index (κ3) is 5.03. The van der Waals surface area contributed by atoms with Crippen molar-refractivity contribution in [3.05, 3.63) is 0 Å². The molecule has 0 fully saturated rings. The molecule has 0 saturated carbocycles. The van der Waals surface area contributed by atoms with E-state index in [0.717, 1.165) is 0 Å². The fraction of sp³-hybridized carbons (Fsp3) is 0.727. The van der Waals surface area contributed by atoms with Crippen molar-refractivity contribution in [3.8, 4) is 0 Å². The van der Waals surface area contributed by atoms with Crippen LogP contribution >= 0.6 is 0 Å². The van der Waals surface area contributed by atoms with Crippen molar-refractivity contribution in [2.45, 2.75) is 39.3 Å².